The number of hydrogen-bond acceptors (Lipinski definition) is 3. The summed E-state index contributed by atoms with van der Waals surface area (Å²) < 4.78 is 15.4. The Balaban J connectivity index is 1.96. The highest BCUT2D eigenvalue weighted by Crippen LogP contribution is 2.16. The van der Waals surface area contributed by atoms with E-state index in [1.807, 2.05) is 35.9 Å². The smallest absolute Gasteiger partial charge is 0.173 e. The van der Waals surface area contributed by atoms with Gasteiger partial charge in [0.15, 0.2) is 11.6 Å². The molecule has 2 heterocycles. The van der Waals surface area contributed by atoms with Gasteiger partial charge in [-0.3, -0.25) is 9.78 Å². The van der Waals surface area contributed by atoms with E-state index in [-0.39, 0.29) is 17.8 Å². The molecule has 2 aromatic heterocycles. The Labute approximate surface area is 114 Å². The highest BCUT2D eigenvalue weighted by Gasteiger charge is 2.16. The van der Waals surface area contributed by atoms with E-state index >= 15 is 0 Å². The summed E-state index contributed by atoms with van der Waals surface area (Å²) in [5.74, 6) is -0.285. The maximum absolute atomic E-state index is 13.5. The Morgan fingerprint density at radius 2 is 2.10 bits per heavy atom. The molecule has 0 bridgehead atoms. The van der Waals surface area contributed by atoms with Crippen LogP contribution in [0.1, 0.15) is 16.2 Å². The van der Waals surface area contributed by atoms with Crippen LogP contribution in [0.25, 0.3) is 11.0 Å². The number of para-hydroxylation sites is 2. The zero-order valence-electron chi connectivity index (χ0n) is 10.9. The number of hydrogen-bond donors (Lipinski definition) is 0. The van der Waals surface area contributed by atoms with Gasteiger partial charge in [0.05, 0.1) is 29.2 Å². The van der Waals surface area contributed by atoms with E-state index < -0.39 is 5.82 Å². The van der Waals surface area contributed by atoms with Gasteiger partial charge in [-0.05, 0) is 18.2 Å². The predicted octanol–water partition coefficient (Wildman–Crippen LogP) is 2.53. The highest BCUT2D eigenvalue weighted by atomic mass is 19.1. The molecule has 0 aliphatic heterocycles. The monoisotopic (exact) mass is 269 g/mol. The Hall–Kier alpha value is -2.56. The maximum Gasteiger partial charge on any atom is 0.173 e. The van der Waals surface area contributed by atoms with Gasteiger partial charge >= 0.3 is 0 Å². The summed E-state index contributed by atoms with van der Waals surface area (Å²) in [6.07, 6.45) is 2.51. The fourth-order valence-corrected chi connectivity index (χ4v) is 2.19. The minimum atomic E-state index is -0.601. The summed E-state index contributed by atoms with van der Waals surface area (Å²) in [6.45, 7) is 0. The molecule has 20 heavy (non-hydrogen) atoms. The van der Waals surface area contributed by atoms with E-state index in [2.05, 4.69) is 9.97 Å². The van der Waals surface area contributed by atoms with Gasteiger partial charge in [0.25, 0.3) is 0 Å². The third-order valence-corrected chi connectivity index (χ3v) is 3.27. The van der Waals surface area contributed by atoms with Crippen molar-refractivity contribution in [3.63, 3.8) is 0 Å². The van der Waals surface area contributed by atoms with Crippen molar-refractivity contribution in [2.24, 2.45) is 7.05 Å². The lowest BCUT2D eigenvalue weighted by molar-refractivity contribution is 0.0986. The average molecular weight is 269 g/mol. The average Bonchev–Trinajstić information content (AvgIpc) is 2.76. The molecular weight excluding hydrogens is 257 g/mol. The fraction of sp³-hybridized carbons (Fsp3) is 0.133. The number of benzene rings is 1. The molecule has 0 aliphatic rings. The molecule has 5 heteroatoms. The van der Waals surface area contributed by atoms with E-state index in [1.54, 1.807) is 0 Å². The van der Waals surface area contributed by atoms with Crippen LogP contribution in [0, 0.1) is 5.82 Å². The summed E-state index contributed by atoms with van der Waals surface area (Å²) in [5, 5.41) is 0. The van der Waals surface area contributed by atoms with Gasteiger partial charge in [-0.2, -0.15) is 0 Å². The number of ketones is 1. The maximum atomic E-state index is 13.5. The van der Waals surface area contributed by atoms with E-state index in [0.717, 1.165) is 17.2 Å². The van der Waals surface area contributed by atoms with Crippen molar-refractivity contribution in [3.8, 4) is 0 Å². The Morgan fingerprint density at radius 3 is 2.85 bits per heavy atom. The molecule has 0 spiro atoms. The Morgan fingerprint density at radius 1 is 1.30 bits per heavy atom. The van der Waals surface area contributed by atoms with Gasteiger partial charge in [-0.1, -0.05) is 12.1 Å². The van der Waals surface area contributed by atoms with E-state index in [9.17, 15) is 9.18 Å². The van der Waals surface area contributed by atoms with Crippen LogP contribution in [0.4, 0.5) is 4.39 Å². The molecule has 0 amide bonds. The first-order valence-corrected chi connectivity index (χ1v) is 6.20. The van der Waals surface area contributed by atoms with Crippen LogP contribution >= 0.6 is 0 Å². The number of aryl methyl sites for hydroxylation is 1. The SMILES string of the molecule is Cn1c(CC(=O)c2ccncc2F)nc2ccccc21. The summed E-state index contributed by atoms with van der Waals surface area (Å²) in [7, 11) is 1.85. The lowest BCUT2D eigenvalue weighted by Gasteiger charge is -2.03. The number of carbonyl (C=O) groups excluding carboxylic acids is 1. The summed E-state index contributed by atoms with van der Waals surface area (Å²) in [4.78, 5) is 20.2. The number of nitrogens with zero attached hydrogens (tertiary/aromatic N) is 3. The van der Waals surface area contributed by atoms with Crippen LogP contribution in [-0.2, 0) is 13.5 Å². The zero-order chi connectivity index (χ0) is 14.1. The van der Waals surface area contributed by atoms with Crippen molar-refractivity contribution in [1.82, 2.24) is 14.5 Å². The molecule has 1 aromatic carbocycles. The van der Waals surface area contributed by atoms with Gasteiger partial charge in [0.2, 0.25) is 0 Å². The zero-order valence-corrected chi connectivity index (χ0v) is 10.9. The second-order valence-corrected chi connectivity index (χ2v) is 4.53. The molecule has 0 fully saturated rings. The molecule has 0 aliphatic carbocycles. The molecule has 0 saturated heterocycles. The van der Waals surface area contributed by atoms with Crippen molar-refractivity contribution in [2.45, 2.75) is 6.42 Å². The molecule has 100 valence electrons. The molecule has 3 rings (SSSR count). The number of imidazole rings is 1. The third-order valence-electron chi connectivity index (χ3n) is 3.27. The molecule has 0 saturated carbocycles. The van der Waals surface area contributed by atoms with Crippen molar-refractivity contribution < 1.29 is 9.18 Å². The first-order chi connectivity index (χ1) is 9.66. The van der Waals surface area contributed by atoms with Gasteiger partial charge in [0, 0.05) is 13.2 Å². The van der Waals surface area contributed by atoms with E-state index in [0.29, 0.717) is 5.82 Å². The van der Waals surface area contributed by atoms with Crippen molar-refractivity contribution >= 4 is 16.8 Å². The van der Waals surface area contributed by atoms with Gasteiger partial charge in [-0.25, -0.2) is 9.37 Å². The van der Waals surface area contributed by atoms with Crippen LogP contribution in [-0.4, -0.2) is 20.3 Å². The van der Waals surface area contributed by atoms with Crippen LogP contribution in [0.2, 0.25) is 0 Å². The number of fused-ring (bicyclic) bond motifs is 1. The van der Waals surface area contributed by atoms with Crippen LogP contribution < -0.4 is 0 Å². The third kappa shape index (κ3) is 2.07. The lowest BCUT2D eigenvalue weighted by Crippen LogP contribution is -2.10. The summed E-state index contributed by atoms with van der Waals surface area (Å²) in [6, 6.07) is 9.02. The van der Waals surface area contributed by atoms with Crippen molar-refractivity contribution in [1.29, 1.82) is 0 Å². The Bertz CT molecular complexity index is 795. The number of aromatic nitrogens is 3. The topological polar surface area (TPSA) is 47.8 Å². The van der Waals surface area contributed by atoms with Crippen molar-refractivity contribution in [2.75, 3.05) is 0 Å². The molecule has 0 atom stereocenters. The minimum Gasteiger partial charge on any atom is -0.331 e. The first kappa shape index (κ1) is 12.5. The second-order valence-electron chi connectivity index (χ2n) is 4.53. The van der Waals surface area contributed by atoms with Crippen LogP contribution in [0.15, 0.2) is 42.7 Å². The van der Waals surface area contributed by atoms with Crippen LogP contribution in [0.5, 0.6) is 0 Å². The molecule has 0 N–H and O–H groups in total. The van der Waals surface area contributed by atoms with E-state index in [1.165, 1.54) is 12.3 Å². The number of Topliss-reactive ketones (excluding diaryl/α,β-unsaturated/α-hetero) is 1. The predicted molar refractivity (Wildman–Crippen MR) is 72.9 cm³/mol. The molecule has 4 nitrogen and oxygen atoms in total. The molecular formula is C15H12FN3O. The van der Waals surface area contributed by atoms with Gasteiger partial charge < -0.3 is 4.57 Å². The normalized spacial score (nSPS) is 10.9. The molecule has 0 unspecified atom stereocenters. The quantitative estimate of drug-likeness (QED) is 0.686. The van der Waals surface area contributed by atoms with E-state index in [4.69, 9.17) is 0 Å². The molecule has 0 radical (unpaired) electrons. The number of pyridine rings is 1. The number of carbonyl (C=O) groups is 1. The summed E-state index contributed by atoms with van der Waals surface area (Å²) >= 11 is 0. The standard InChI is InChI=1S/C15H12FN3O/c1-19-13-5-3-2-4-12(13)18-15(19)8-14(20)10-6-7-17-9-11(10)16/h2-7,9H,8H2,1H3. The molecule has 3 aromatic rings. The Kier molecular flexibility index (Phi) is 3.02. The number of halogens is 1. The lowest BCUT2D eigenvalue weighted by atomic mass is 10.1. The highest BCUT2D eigenvalue weighted by molar-refractivity contribution is 5.97. The minimum absolute atomic E-state index is 0.0482. The second kappa shape index (κ2) is 4.85. The van der Waals surface area contributed by atoms with Gasteiger partial charge in [-0.15, -0.1) is 0 Å². The fourth-order valence-electron chi connectivity index (χ4n) is 2.19. The largest absolute Gasteiger partial charge is 0.331 e. The first-order valence-electron chi connectivity index (χ1n) is 6.20. The van der Waals surface area contributed by atoms with Crippen LogP contribution in [0.3, 0.4) is 0 Å². The number of rotatable bonds is 3. The summed E-state index contributed by atoms with van der Waals surface area (Å²) in [5.41, 5.74) is 1.82. The van der Waals surface area contributed by atoms with Crippen molar-refractivity contribution in [3.05, 3.63) is 59.9 Å². The van der Waals surface area contributed by atoms with Gasteiger partial charge in [0.1, 0.15) is 5.82 Å².